The number of halogens is 1. The molecule has 1 rings (SSSR count). The van der Waals surface area contributed by atoms with Crippen molar-refractivity contribution in [2.45, 2.75) is 19.1 Å². The first-order valence-corrected chi connectivity index (χ1v) is 6.32. The minimum Gasteiger partial charge on any atom is -0.479 e. The van der Waals surface area contributed by atoms with Gasteiger partial charge in [-0.15, -0.1) is 0 Å². The van der Waals surface area contributed by atoms with Crippen molar-refractivity contribution in [1.82, 2.24) is 0 Å². The summed E-state index contributed by atoms with van der Waals surface area (Å²) in [5, 5.41) is 27.5. The van der Waals surface area contributed by atoms with Crippen molar-refractivity contribution in [1.29, 1.82) is 0 Å². The number of ketones is 1. The van der Waals surface area contributed by atoms with Crippen LogP contribution in [-0.2, 0) is 22.6 Å². The van der Waals surface area contributed by atoms with Gasteiger partial charge in [0.2, 0.25) is 0 Å². The fourth-order valence-electron chi connectivity index (χ4n) is 1.54. The number of benzene rings is 1. The number of aliphatic hydroxyl groups is 2. The molecule has 5 nitrogen and oxygen atoms in total. The molecule has 6 heteroatoms. The molecule has 0 amide bonds. The number of hydrogen-bond donors (Lipinski definition) is 3. The Morgan fingerprint density at radius 2 is 1.94 bits per heavy atom. The van der Waals surface area contributed by atoms with Gasteiger partial charge in [-0.2, -0.15) is 0 Å². The summed E-state index contributed by atoms with van der Waals surface area (Å²) in [6.07, 6.45) is -1.54. The van der Waals surface area contributed by atoms with Crippen LogP contribution < -0.4 is 0 Å². The Morgan fingerprint density at radius 3 is 2.44 bits per heavy atom. The number of hydrogen-bond acceptors (Lipinski definition) is 4. The third-order valence-electron chi connectivity index (χ3n) is 2.49. The molecule has 0 aliphatic rings. The van der Waals surface area contributed by atoms with E-state index in [2.05, 4.69) is 15.9 Å². The molecule has 0 radical (unpaired) electrons. The van der Waals surface area contributed by atoms with Crippen LogP contribution >= 0.6 is 15.9 Å². The summed E-state index contributed by atoms with van der Waals surface area (Å²) in [5.41, 5.74) is 1.27. The van der Waals surface area contributed by atoms with E-state index in [0.29, 0.717) is 11.1 Å². The number of carbonyl (C=O) groups is 2. The van der Waals surface area contributed by atoms with Crippen LogP contribution in [0, 0.1) is 0 Å². The summed E-state index contributed by atoms with van der Waals surface area (Å²) in [5.74, 6) is -1.45. The number of aliphatic hydroxyl groups excluding tert-OH is 2. The molecule has 0 aliphatic heterocycles. The van der Waals surface area contributed by atoms with Crippen LogP contribution in [0.3, 0.4) is 0 Å². The van der Waals surface area contributed by atoms with E-state index in [1.54, 1.807) is 0 Å². The van der Waals surface area contributed by atoms with Crippen LogP contribution in [0.1, 0.15) is 22.8 Å². The van der Waals surface area contributed by atoms with Crippen LogP contribution in [0.5, 0.6) is 0 Å². The first-order valence-electron chi connectivity index (χ1n) is 5.20. The van der Waals surface area contributed by atoms with Crippen LogP contribution in [-0.4, -0.2) is 32.4 Å². The van der Waals surface area contributed by atoms with E-state index in [1.807, 2.05) is 0 Å². The maximum absolute atomic E-state index is 11.4. The van der Waals surface area contributed by atoms with Crippen molar-refractivity contribution in [2.24, 2.45) is 0 Å². The molecule has 1 unspecified atom stereocenters. The number of carbonyl (C=O) groups excluding carboxylic acids is 1. The van der Waals surface area contributed by atoms with Gasteiger partial charge < -0.3 is 15.3 Å². The first-order chi connectivity index (χ1) is 8.49. The van der Waals surface area contributed by atoms with Gasteiger partial charge in [0.05, 0.1) is 11.9 Å². The number of alkyl halides is 1. The summed E-state index contributed by atoms with van der Waals surface area (Å²) in [6.45, 7) is -0.242. The highest BCUT2D eigenvalue weighted by atomic mass is 79.9. The monoisotopic (exact) mass is 316 g/mol. The summed E-state index contributed by atoms with van der Waals surface area (Å²) in [6, 6.07) is 4.37. The molecule has 0 aliphatic carbocycles. The number of carboxylic acid groups (broad SMARTS) is 1. The van der Waals surface area contributed by atoms with Crippen molar-refractivity contribution < 1.29 is 24.9 Å². The SMILES string of the molecule is O=C(CBr)Cc1cc(C(O)C(=O)O)ccc1CO. The number of carboxylic acids is 1. The van der Waals surface area contributed by atoms with E-state index in [1.165, 1.54) is 18.2 Å². The van der Waals surface area contributed by atoms with Gasteiger partial charge in [-0.25, -0.2) is 4.79 Å². The summed E-state index contributed by atoms with van der Waals surface area (Å²) < 4.78 is 0. The highest BCUT2D eigenvalue weighted by Gasteiger charge is 2.17. The second-order valence-electron chi connectivity index (χ2n) is 3.78. The van der Waals surface area contributed by atoms with Gasteiger partial charge >= 0.3 is 5.97 Å². The average molecular weight is 317 g/mol. The highest BCUT2D eigenvalue weighted by molar-refractivity contribution is 9.09. The second kappa shape index (κ2) is 6.63. The molecular formula is C12H13BrO5. The third-order valence-corrected chi connectivity index (χ3v) is 3.11. The summed E-state index contributed by atoms with van der Waals surface area (Å²) >= 11 is 3.03. The second-order valence-corrected chi connectivity index (χ2v) is 4.34. The smallest absolute Gasteiger partial charge is 0.337 e. The molecule has 0 saturated carbocycles. The molecule has 0 aromatic heterocycles. The maximum Gasteiger partial charge on any atom is 0.337 e. The summed E-state index contributed by atoms with van der Waals surface area (Å²) in [4.78, 5) is 22.0. The van der Waals surface area contributed by atoms with Crippen molar-refractivity contribution in [2.75, 3.05) is 5.33 Å². The third kappa shape index (κ3) is 3.63. The molecule has 1 aromatic carbocycles. The molecule has 0 bridgehead atoms. The van der Waals surface area contributed by atoms with Gasteiger partial charge in [0.1, 0.15) is 5.78 Å². The van der Waals surface area contributed by atoms with Gasteiger partial charge in [0.15, 0.2) is 6.10 Å². The molecular weight excluding hydrogens is 304 g/mol. The molecule has 1 aromatic rings. The molecule has 98 valence electrons. The molecule has 18 heavy (non-hydrogen) atoms. The molecule has 0 spiro atoms. The zero-order valence-corrected chi connectivity index (χ0v) is 11.1. The zero-order chi connectivity index (χ0) is 13.7. The summed E-state index contributed by atoms with van der Waals surface area (Å²) in [7, 11) is 0. The van der Waals surface area contributed by atoms with Crippen LogP contribution in [0.15, 0.2) is 18.2 Å². The quantitative estimate of drug-likeness (QED) is 0.675. The Bertz CT molecular complexity index is 458. The number of rotatable bonds is 6. The van der Waals surface area contributed by atoms with Gasteiger partial charge in [-0.05, 0) is 16.7 Å². The van der Waals surface area contributed by atoms with Gasteiger partial charge in [0, 0.05) is 6.42 Å². The van der Waals surface area contributed by atoms with E-state index in [0.717, 1.165) is 0 Å². The maximum atomic E-state index is 11.4. The van der Waals surface area contributed by atoms with Gasteiger partial charge in [-0.1, -0.05) is 34.1 Å². The molecule has 0 heterocycles. The van der Waals surface area contributed by atoms with Crippen molar-refractivity contribution in [3.8, 4) is 0 Å². The lowest BCUT2D eigenvalue weighted by Gasteiger charge is -2.11. The van der Waals surface area contributed by atoms with Crippen molar-refractivity contribution in [3.63, 3.8) is 0 Å². The Morgan fingerprint density at radius 1 is 1.28 bits per heavy atom. The largest absolute Gasteiger partial charge is 0.479 e. The average Bonchev–Trinajstić information content (AvgIpc) is 2.37. The Kier molecular flexibility index (Phi) is 5.46. The fourth-order valence-corrected chi connectivity index (χ4v) is 1.74. The minimum atomic E-state index is -1.63. The highest BCUT2D eigenvalue weighted by Crippen LogP contribution is 2.19. The Balaban J connectivity index is 3.09. The molecule has 3 N–H and O–H groups in total. The van der Waals surface area contributed by atoms with Gasteiger partial charge in [0.25, 0.3) is 0 Å². The predicted molar refractivity (Wildman–Crippen MR) is 67.5 cm³/mol. The van der Waals surface area contributed by atoms with E-state index >= 15 is 0 Å². The predicted octanol–water partition coefficient (Wildman–Crippen LogP) is 0.803. The van der Waals surface area contributed by atoms with Crippen LogP contribution in [0.25, 0.3) is 0 Å². The van der Waals surface area contributed by atoms with Crippen molar-refractivity contribution >= 4 is 27.7 Å². The standard InChI is InChI=1S/C12H13BrO5/c13-5-10(15)4-9-3-7(11(16)12(17)18)1-2-8(9)6-14/h1-3,11,14,16H,4-6H2,(H,17,18). The van der Waals surface area contributed by atoms with Crippen LogP contribution in [0.4, 0.5) is 0 Å². The van der Waals surface area contributed by atoms with E-state index in [-0.39, 0.29) is 29.7 Å². The topological polar surface area (TPSA) is 94.8 Å². The lowest BCUT2D eigenvalue weighted by Crippen LogP contribution is -2.12. The normalized spacial score (nSPS) is 12.2. The van der Waals surface area contributed by atoms with E-state index in [4.69, 9.17) is 10.2 Å². The Labute approximate surface area is 112 Å². The first kappa shape index (κ1) is 14.8. The zero-order valence-electron chi connectivity index (χ0n) is 9.47. The molecule has 0 saturated heterocycles. The fraction of sp³-hybridized carbons (Fsp3) is 0.333. The Hall–Kier alpha value is -1.24. The molecule has 1 atom stereocenters. The van der Waals surface area contributed by atoms with Crippen molar-refractivity contribution in [3.05, 3.63) is 34.9 Å². The molecule has 0 fully saturated rings. The van der Waals surface area contributed by atoms with E-state index in [9.17, 15) is 14.7 Å². The number of aliphatic carboxylic acids is 1. The van der Waals surface area contributed by atoms with Gasteiger partial charge in [-0.3, -0.25) is 4.79 Å². The lowest BCUT2D eigenvalue weighted by molar-refractivity contribution is -0.146. The van der Waals surface area contributed by atoms with Crippen LogP contribution in [0.2, 0.25) is 0 Å². The van der Waals surface area contributed by atoms with E-state index < -0.39 is 12.1 Å². The number of Topliss-reactive ketones (excluding diaryl/α,β-unsaturated/α-hetero) is 1. The minimum absolute atomic E-state index is 0.0846. The lowest BCUT2D eigenvalue weighted by atomic mass is 9.98.